The van der Waals surface area contributed by atoms with Crippen molar-refractivity contribution < 1.29 is 9.53 Å². The van der Waals surface area contributed by atoms with Crippen LogP contribution in [0.15, 0.2) is 54.6 Å². The molecule has 0 unspecified atom stereocenters. The van der Waals surface area contributed by atoms with Gasteiger partial charge in [-0.15, -0.1) is 0 Å². The van der Waals surface area contributed by atoms with Gasteiger partial charge in [-0.3, -0.25) is 4.79 Å². The number of hydrogen-bond donors (Lipinski definition) is 0. The molecule has 1 aliphatic heterocycles. The van der Waals surface area contributed by atoms with E-state index in [2.05, 4.69) is 11.8 Å². The number of likely N-dealkylation sites (tertiary alicyclic amines) is 1. The molecule has 2 aromatic carbocycles. The molecule has 0 spiro atoms. The summed E-state index contributed by atoms with van der Waals surface area (Å²) in [6.07, 6.45) is 4.38. The second-order valence-electron chi connectivity index (χ2n) is 7.59. The Labute approximate surface area is 172 Å². The van der Waals surface area contributed by atoms with Crippen molar-refractivity contribution in [1.29, 1.82) is 0 Å². The van der Waals surface area contributed by atoms with E-state index in [-0.39, 0.29) is 5.91 Å². The standard InChI is InChI=1S/C25H28N2O2/c1-3-19-9-7-8-16-27(19)25(28)22-17-24(26-23-11-6-5-10-21(22)23)18-12-14-20(15-13-18)29-4-2/h5-6,10-15,17,19H,3-4,7-9,16H2,1-2H3/t19-/m0/s1. The normalized spacial score (nSPS) is 16.8. The molecule has 1 saturated heterocycles. The Morgan fingerprint density at radius 3 is 2.66 bits per heavy atom. The van der Waals surface area contributed by atoms with E-state index in [1.165, 1.54) is 6.42 Å². The molecule has 1 atom stereocenters. The van der Waals surface area contributed by atoms with E-state index in [0.29, 0.717) is 12.6 Å². The lowest BCUT2D eigenvalue weighted by Crippen LogP contribution is -2.43. The summed E-state index contributed by atoms with van der Waals surface area (Å²) >= 11 is 0. The first-order valence-corrected chi connectivity index (χ1v) is 10.6. The van der Waals surface area contributed by atoms with Gasteiger partial charge in [0.25, 0.3) is 5.91 Å². The van der Waals surface area contributed by atoms with E-state index < -0.39 is 0 Å². The molecule has 1 aromatic heterocycles. The van der Waals surface area contributed by atoms with Crippen LogP contribution in [0.1, 0.15) is 49.9 Å². The molecular weight excluding hydrogens is 360 g/mol. The zero-order valence-corrected chi connectivity index (χ0v) is 17.2. The monoisotopic (exact) mass is 388 g/mol. The molecule has 2 heterocycles. The minimum Gasteiger partial charge on any atom is -0.494 e. The van der Waals surface area contributed by atoms with E-state index in [1.807, 2.05) is 61.5 Å². The molecule has 150 valence electrons. The lowest BCUT2D eigenvalue weighted by molar-refractivity contribution is 0.0610. The molecule has 1 aliphatic rings. The van der Waals surface area contributed by atoms with Crippen molar-refractivity contribution in [1.82, 2.24) is 9.88 Å². The van der Waals surface area contributed by atoms with Gasteiger partial charge in [-0.05, 0) is 69.0 Å². The highest BCUT2D eigenvalue weighted by molar-refractivity contribution is 6.07. The van der Waals surface area contributed by atoms with Crippen LogP contribution in [0.4, 0.5) is 0 Å². The highest BCUT2D eigenvalue weighted by Gasteiger charge is 2.27. The minimum atomic E-state index is 0.127. The number of rotatable bonds is 5. The molecule has 0 radical (unpaired) electrons. The fourth-order valence-corrected chi connectivity index (χ4v) is 4.24. The predicted octanol–water partition coefficient (Wildman–Crippen LogP) is 5.71. The van der Waals surface area contributed by atoms with Crippen LogP contribution in [-0.4, -0.2) is 35.0 Å². The first-order chi connectivity index (χ1) is 14.2. The molecule has 0 saturated carbocycles. The largest absolute Gasteiger partial charge is 0.494 e. The van der Waals surface area contributed by atoms with Crippen LogP contribution in [0.3, 0.4) is 0 Å². The summed E-state index contributed by atoms with van der Waals surface area (Å²) in [7, 11) is 0. The summed E-state index contributed by atoms with van der Waals surface area (Å²) in [5.74, 6) is 0.967. The maximum atomic E-state index is 13.6. The number of nitrogens with zero attached hydrogens (tertiary/aromatic N) is 2. The van der Waals surface area contributed by atoms with Crippen molar-refractivity contribution in [3.63, 3.8) is 0 Å². The Kier molecular flexibility index (Phi) is 5.79. The molecule has 1 amide bonds. The van der Waals surface area contributed by atoms with E-state index in [4.69, 9.17) is 9.72 Å². The third-order valence-corrected chi connectivity index (χ3v) is 5.77. The van der Waals surface area contributed by atoms with Gasteiger partial charge in [0.05, 0.1) is 23.4 Å². The van der Waals surface area contributed by atoms with Crippen molar-refractivity contribution >= 4 is 16.8 Å². The minimum absolute atomic E-state index is 0.127. The van der Waals surface area contributed by atoms with Gasteiger partial charge in [0.2, 0.25) is 0 Å². The van der Waals surface area contributed by atoms with E-state index >= 15 is 0 Å². The Hall–Kier alpha value is -2.88. The number of carbonyl (C=O) groups excluding carboxylic acids is 1. The number of aromatic nitrogens is 1. The molecule has 0 N–H and O–H groups in total. The number of ether oxygens (including phenoxy) is 1. The van der Waals surface area contributed by atoms with Crippen molar-refractivity contribution in [2.24, 2.45) is 0 Å². The van der Waals surface area contributed by atoms with Gasteiger partial charge in [-0.25, -0.2) is 4.98 Å². The smallest absolute Gasteiger partial charge is 0.254 e. The molecule has 4 rings (SSSR count). The number of benzene rings is 2. The zero-order valence-electron chi connectivity index (χ0n) is 17.2. The van der Waals surface area contributed by atoms with Crippen LogP contribution >= 0.6 is 0 Å². The molecule has 4 heteroatoms. The average Bonchev–Trinajstić information content (AvgIpc) is 2.78. The Morgan fingerprint density at radius 1 is 1.10 bits per heavy atom. The van der Waals surface area contributed by atoms with Crippen molar-refractivity contribution in [2.45, 2.75) is 45.6 Å². The predicted molar refractivity (Wildman–Crippen MR) is 117 cm³/mol. The van der Waals surface area contributed by atoms with Gasteiger partial charge in [0.15, 0.2) is 0 Å². The number of amides is 1. The average molecular weight is 389 g/mol. The molecule has 4 nitrogen and oxygen atoms in total. The Bertz CT molecular complexity index is 997. The maximum absolute atomic E-state index is 13.6. The SMILES string of the molecule is CCOc1ccc(-c2cc(C(=O)N3CCCC[C@@H]3CC)c3ccccc3n2)cc1. The first kappa shape index (κ1) is 19.4. The maximum Gasteiger partial charge on any atom is 0.254 e. The summed E-state index contributed by atoms with van der Waals surface area (Å²) < 4.78 is 5.55. The van der Waals surface area contributed by atoms with Crippen molar-refractivity contribution in [3.05, 3.63) is 60.2 Å². The number of piperidine rings is 1. The Balaban J connectivity index is 1.77. The Morgan fingerprint density at radius 2 is 1.90 bits per heavy atom. The van der Waals surface area contributed by atoms with Crippen LogP contribution in [0.2, 0.25) is 0 Å². The highest BCUT2D eigenvalue weighted by atomic mass is 16.5. The molecule has 29 heavy (non-hydrogen) atoms. The van der Waals surface area contributed by atoms with Crippen LogP contribution in [0.25, 0.3) is 22.2 Å². The fourth-order valence-electron chi connectivity index (χ4n) is 4.24. The van der Waals surface area contributed by atoms with Gasteiger partial charge >= 0.3 is 0 Å². The zero-order chi connectivity index (χ0) is 20.2. The van der Waals surface area contributed by atoms with Crippen LogP contribution in [0.5, 0.6) is 5.75 Å². The third kappa shape index (κ3) is 3.98. The summed E-state index contributed by atoms with van der Waals surface area (Å²) in [6, 6.07) is 18.1. The molecule has 1 fully saturated rings. The van der Waals surface area contributed by atoms with Crippen LogP contribution < -0.4 is 4.74 Å². The van der Waals surface area contributed by atoms with E-state index in [9.17, 15) is 4.79 Å². The number of pyridine rings is 1. The quantitative estimate of drug-likeness (QED) is 0.563. The number of hydrogen-bond acceptors (Lipinski definition) is 3. The molecule has 0 aliphatic carbocycles. The van der Waals surface area contributed by atoms with Crippen LogP contribution in [-0.2, 0) is 0 Å². The van der Waals surface area contributed by atoms with Gasteiger partial charge in [0, 0.05) is 23.5 Å². The molecule has 0 bridgehead atoms. The summed E-state index contributed by atoms with van der Waals surface area (Å²) in [5.41, 5.74) is 3.41. The third-order valence-electron chi connectivity index (χ3n) is 5.77. The van der Waals surface area contributed by atoms with Gasteiger partial charge < -0.3 is 9.64 Å². The van der Waals surface area contributed by atoms with E-state index in [0.717, 1.165) is 59.3 Å². The van der Waals surface area contributed by atoms with Crippen molar-refractivity contribution in [2.75, 3.05) is 13.2 Å². The van der Waals surface area contributed by atoms with Gasteiger partial charge in [-0.2, -0.15) is 0 Å². The number of fused-ring (bicyclic) bond motifs is 1. The van der Waals surface area contributed by atoms with Crippen molar-refractivity contribution in [3.8, 4) is 17.0 Å². The van der Waals surface area contributed by atoms with E-state index in [1.54, 1.807) is 0 Å². The van der Waals surface area contributed by atoms with Crippen LogP contribution in [0, 0.1) is 0 Å². The second kappa shape index (κ2) is 8.64. The lowest BCUT2D eigenvalue weighted by Gasteiger charge is -2.35. The van der Waals surface area contributed by atoms with Gasteiger partial charge in [0.1, 0.15) is 5.75 Å². The molecule has 3 aromatic rings. The topological polar surface area (TPSA) is 42.4 Å². The van der Waals surface area contributed by atoms with Gasteiger partial charge in [-0.1, -0.05) is 25.1 Å². The second-order valence-corrected chi connectivity index (χ2v) is 7.59. The number of para-hydroxylation sites is 1. The fraction of sp³-hybridized carbons (Fsp3) is 0.360. The number of carbonyl (C=O) groups is 1. The highest BCUT2D eigenvalue weighted by Crippen LogP contribution is 2.29. The summed E-state index contributed by atoms with van der Waals surface area (Å²) in [4.78, 5) is 20.5. The molecular formula is C25H28N2O2. The summed E-state index contributed by atoms with van der Waals surface area (Å²) in [5, 5.41) is 0.924. The summed E-state index contributed by atoms with van der Waals surface area (Å²) in [6.45, 7) is 5.63. The first-order valence-electron chi connectivity index (χ1n) is 10.6. The lowest BCUT2D eigenvalue weighted by atomic mass is 9.97.